The molecule has 3 rings (SSSR count). The maximum Gasteiger partial charge on any atom is 0.161 e. The van der Waals surface area contributed by atoms with Gasteiger partial charge in [-0.05, 0) is 40.6 Å². The lowest BCUT2D eigenvalue weighted by Gasteiger charge is -2.11. The van der Waals surface area contributed by atoms with Crippen LogP contribution in [0.3, 0.4) is 0 Å². The number of benzene rings is 3. The second-order valence-corrected chi connectivity index (χ2v) is 4.86. The van der Waals surface area contributed by atoms with E-state index in [2.05, 4.69) is 18.2 Å². The van der Waals surface area contributed by atoms with Crippen molar-refractivity contribution in [2.45, 2.75) is 0 Å². The molecule has 3 aromatic carbocycles. The number of hydrogen-bond donors (Lipinski definition) is 1. The van der Waals surface area contributed by atoms with Crippen molar-refractivity contribution in [3.63, 3.8) is 0 Å². The van der Waals surface area contributed by atoms with Crippen LogP contribution in [-0.4, -0.2) is 14.2 Å². The number of methoxy groups -OCH3 is 2. The molecule has 3 aromatic rings. The Balaban J connectivity index is 2.18. The van der Waals surface area contributed by atoms with E-state index in [4.69, 9.17) is 15.2 Å². The van der Waals surface area contributed by atoms with Crippen molar-refractivity contribution in [3.8, 4) is 22.6 Å². The van der Waals surface area contributed by atoms with Gasteiger partial charge < -0.3 is 15.2 Å². The maximum absolute atomic E-state index is 6.05. The summed E-state index contributed by atoms with van der Waals surface area (Å²) in [6.45, 7) is 0. The van der Waals surface area contributed by atoms with Crippen LogP contribution < -0.4 is 15.2 Å². The number of ether oxygens (including phenoxy) is 2. The Bertz CT molecular complexity index is 796. The molecule has 0 saturated heterocycles. The van der Waals surface area contributed by atoms with Crippen LogP contribution in [0.25, 0.3) is 21.9 Å². The number of anilines is 1. The SMILES string of the molecule is COc1cc2ccc(-c3ccccc3N)cc2cc1OC. The second-order valence-electron chi connectivity index (χ2n) is 4.86. The first-order chi connectivity index (χ1) is 10.2. The first kappa shape index (κ1) is 13.3. The highest BCUT2D eigenvalue weighted by molar-refractivity contribution is 5.91. The average Bonchev–Trinajstić information content (AvgIpc) is 2.53. The predicted molar refractivity (Wildman–Crippen MR) is 86.9 cm³/mol. The summed E-state index contributed by atoms with van der Waals surface area (Å²) in [5.74, 6) is 1.46. The molecule has 0 bridgehead atoms. The molecule has 0 atom stereocenters. The standard InChI is InChI=1S/C18H17NO2/c1-20-17-10-12-7-8-13(9-14(12)11-18(17)21-2)15-5-3-4-6-16(15)19/h3-11H,19H2,1-2H3. The minimum Gasteiger partial charge on any atom is -0.493 e. The van der Waals surface area contributed by atoms with E-state index in [9.17, 15) is 0 Å². The molecule has 0 aromatic heterocycles. The van der Waals surface area contributed by atoms with Crippen molar-refractivity contribution in [1.82, 2.24) is 0 Å². The Morgan fingerprint density at radius 2 is 1.43 bits per heavy atom. The van der Waals surface area contributed by atoms with Gasteiger partial charge in [-0.15, -0.1) is 0 Å². The Labute approximate surface area is 123 Å². The largest absolute Gasteiger partial charge is 0.493 e. The van der Waals surface area contributed by atoms with E-state index in [1.165, 1.54) is 0 Å². The normalized spacial score (nSPS) is 10.6. The fraction of sp³-hybridized carbons (Fsp3) is 0.111. The summed E-state index contributed by atoms with van der Waals surface area (Å²) in [6.07, 6.45) is 0. The molecule has 0 heterocycles. The fourth-order valence-corrected chi connectivity index (χ4v) is 2.50. The highest BCUT2D eigenvalue weighted by Crippen LogP contribution is 2.35. The third kappa shape index (κ3) is 2.38. The molecule has 0 aliphatic heterocycles. The molecular formula is C18H17NO2. The van der Waals surface area contributed by atoms with Crippen molar-refractivity contribution in [3.05, 3.63) is 54.6 Å². The average molecular weight is 279 g/mol. The monoisotopic (exact) mass is 279 g/mol. The molecule has 0 radical (unpaired) electrons. The van der Waals surface area contributed by atoms with E-state index in [1.807, 2.05) is 36.4 Å². The Morgan fingerprint density at radius 3 is 2.10 bits per heavy atom. The van der Waals surface area contributed by atoms with E-state index < -0.39 is 0 Å². The minimum atomic E-state index is 0.725. The van der Waals surface area contributed by atoms with E-state index in [-0.39, 0.29) is 0 Å². The number of nitrogens with two attached hydrogens (primary N) is 1. The minimum absolute atomic E-state index is 0.725. The first-order valence-electron chi connectivity index (χ1n) is 6.73. The molecule has 3 nitrogen and oxygen atoms in total. The van der Waals surface area contributed by atoms with Crippen molar-refractivity contribution in [1.29, 1.82) is 0 Å². The summed E-state index contributed by atoms with van der Waals surface area (Å²) >= 11 is 0. The molecular weight excluding hydrogens is 262 g/mol. The topological polar surface area (TPSA) is 44.5 Å². The van der Waals surface area contributed by atoms with Gasteiger partial charge in [0.1, 0.15) is 0 Å². The Hall–Kier alpha value is -2.68. The summed E-state index contributed by atoms with van der Waals surface area (Å²) in [7, 11) is 3.28. The number of fused-ring (bicyclic) bond motifs is 1. The Morgan fingerprint density at radius 1 is 0.762 bits per heavy atom. The van der Waals surface area contributed by atoms with Crippen LogP contribution in [-0.2, 0) is 0 Å². The molecule has 0 amide bonds. The molecule has 0 fully saturated rings. The third-order valence-electron chi connectivity index (χ3n) is 3.61. The van der Waals surface area contributed by atoms with Crippen LogP contribution in [0.15, 0.2) is 54.6 Å². The summed E-state index contributed by atoms with van der Waals surface area (Å²) in [6, 6.07) is 18.1. The molecule has 0 saturated carbocycles. The smallest absolute Gasteiger partial charge is 0.161 e. The highest BCUT2D eigenvalue weighted by Gasteiger charge is 2.08. The maximum atomic E-state index is 6.05. The van der Waals surface area contributed by atoms with Crippen LogP contribution in [0.2, 0.25) is 0 Å². The summed E-state index contributed by atoms with van der Waals surface area (Å²) in [5, 5.41) is 2.19. The lowest BCUT2D eigenvalue weighted by Crippen LogP contribution is -1.91. The van der Waals surface area contributed by atoms with Crippen LogP contribution in [0.5, 0.6) is 11.5 Å². The summed E-state index contributed by atoms with van der Waals surface area (Å²) in [4.78, 5) is 0. The van der Waals surface area contributed by atoms with Crippen LogP contribution in [0.1, 0.15) is 0 Å². The lowest BCUT2D eigenvalue weighted by atomic mass is 9.99. The van der Waals surface area contributed by atoms with Crippen LogP contribution in [0.4, 0.5) is 5.69 Å². The van der Waals surface area contributed by atoms with Gasteiger partial charge >= 0.3 is 0 Å². The number of hydrogen-bond acceptors (Lipinski definition) is 3. The highest BCUT2D eigenvalue weighted by atomic mass is 16.5. The Kier molecular flexibility index (Phi) is 3.40. The van der Waals surface area contributed by atoms with Gasteiger partial charge in [0.2, 0.25) is 0 Å². The van der Waals surface area contributed by atoms with Gasteiger partial charge in [-0.25, -0.2) is 0 Å². The number of rotatable bonds is 3. The van der Waals surface area contributed by atoms with Gasteiger partial charge in [-0.2, -0.15) is 0 Å². The second kappa shape index (κ2) is 5.37. The summed E-state index contributed by atoms with van der Waals surface area (Å²) < 4.78 is 10.7. The quantitative estimate of drug-likeness (QED) is 0.734. The summed E-state index contributed by atoms with van der Waals surface area (Å²) in [5.41, 5.74) is 8.96. The van der Waals surface area contributed by atoms with E-state index in [0.717, 1.165) is 39.1 Å². The zero-order valence-electron chi connectivity index (χ0n) is 12.1. The van der Waals surface area contributed by atoms with Crippen molar-refractivity contribution >= 4 is 16.5 Å². The third-order valence-corrected chi connectivity index (χ3v) is 3.61. The van der Waals surface area contributed by atoms with Crippen molar-refractivity contribution in [2.24, 2.45) is 0 Å². The van der Waals surface area contributed by atoms with Gasteiger partial charge in [-0.1, -0.05) is 30.3 Å². The van der Waals surface area contributed by atoms with E-state index in [0.29, 0.717) is 0 Å². The molecule has 0 unspecified atom stereocenters. The van der Waals surface area contributed by atoms with Crippen LogP contribution >= 0.6 is 0 Å². The molecule has 21 heavy (non-hydrogen) atoms. The molecule has 3 heteroatoms. The first-order valence-corrected chi connectivity index (χ1v) is 6.73. The molecule has 0 spiro atoms. The zero-order valence-corrected chi connectivity index (χ0v) is 12.1. The van der Waals surface area contributed by atoms with E-state index in [1.54, 1.807) is 14.2 Å². The zero-order chi connectivity index (χ0) is 14.8. The predicted octanol–water partition coefficient (Wildman–Crippen LogP) is 4.11. The molecule has 106 valence electrons. The number of para-hydroxylation sites is 1. The molecule has 0 aliphatic carbocycles. The number of nitrogen functional groups attached to an aromatic ring is 1. The van der Waals surface area contributed by atoms with E-state index >= 15 is 0 Å². The van der Waals surface area contributed by atoms with Gasteiger partial charge in [-0.3, -0.25) is 0 Å². The van der Waals surface area contributed by atoms with Crippen molar-refractivity contribution < 1.29 is 9.47 Å². The fourth-order valence-electron chi connectivity index (χ4n) is 2.50. The van der Waals surface area contributed by atoms with Gasteiger partial charge in [0.05, 0.1) is 14.2 Å². The van der Waals surface area contributed by atoms with Gasteiger partial charge in [0.25, 0.3) is 0 Å². The van der Waals surface area contributed by atoms with Gasteiger partial charge in [0.15, 0.2) is 11.5 Å². The molecule has 2 N–H and O–H groups in total. The van der Waals surface area contributed by atoms with Crippen molar-refractivity contribution in [2.75, 3.05) is 20.0 Å². The molecule has 0 aliphatic rings. The van der Waals surface area contributed by atoms with Gasteiger partial charge in [0, 0.05) is 11.3 Å². The van der Waals surface area contributed by atoms with Crippen LogP contribution in [0, 0.1) is 0 Å². The lowest BCUT2D eigenvalue weighted by molar-refractivity contribution is 0.356.